The number of hydrogen-bond donors (Lipinski definition) is 1. The van der Waals surface area contributed by atoms with Gasteiger partial charge in [-0.05, 0) is 30.3 Å². The van der Waals surface area contributed by atoms with Crippen LogP contribution in [-0.4, -0.2) is 16.2 Å². The van der Waals surface area contributed by atoms with Crippen LogP contribution < -0.4 is 5.43 Å². The zero-order valence-corrected chi connectivity index (χ0v) is 14.9. The maximum Gasteiger partial charge on any atom is 0.163 e. The second-order valence-electron chi connectivity index (χ2n) is 5.78. The van der Waals surface area contributed by atoms with Crippen molar-refractivity contribution < 1.29 is 4.39 Å². The van der Waals surface area contributed by atoms with Gasteiger partial charge >= 0.3 is 0 Å². The standard InChI is InChI=1S/C21H14ClFN4/c22-17-10-4-2-8-15(17)20-25-19-12-6-3-9-16(19)21(26-20)27-24-13-14-7-1-5-11-18(14)23/h1-13H,(H,25,26,27). The quantitative estimate of drug-likeness (QED) is 0.376. The first-order chi connectivity index (χ1) is 13.2. The summed E-state index contributed by atoms with van der Waals surface area (Å²) in [7, 11) is 0. The molecular weight excluding hydrogens is 363 g/mol. The van der Waals surface area contributed by atoms with Crippen LogP contribution in [0.25, 0.3) is 22.3 Å². The van der Waals surface area contributed by atoms with Crippen LogP contribution in [-0.2, 0) is 0 Å². The number of nitrogens with zero attached hydrogens (tertiary/aromatic N) is 3. The molecule has 4 nitrogen and oxygen atoms in total. The molecule has 0 aliphatic heterocycles. The molecule has 0 aliphatic carbocycles. The number of anilines is 1. The molecule has 0 bridgehead atoms. The van der Waals surface area contributed by atoms with Gasteiger partial charge in [-0.25, -0.2) is 14.4 Å². The Labute approximate surface area is 160 Å². The van der Waals surface area contributed by atoms with Crippen LogP contribution >= 0.6 is 11.6 Å². The third-order valence-electron chi connectivity index (χ3n) is 4.00. The molecule has 0 aliphatic rings. The van der Waals surface area contributed by atoms with Crippen molar-refractivity contribution in [1.82, 2.24) is 9.97 Å². The Bertz CT molecular complexity index is 1140. The number of fused-ring (bicyclic) bond motifs is 1. The van der Waals surface area contributed by atoms with Gasteiger partial charge in [-0.1, -0.05) is 54.1 Å². The molecule has 4 aromatic rings. The van der Waals surface area contributed by atoms with Crippen molar-refractivity contribution in [2.45, 2.75) is 0 Å². The summed E-state index contributed by atoms with van der Waals surface area (Å²) in [4.78, 5) is 9.17. The molecule has 27 heavy (non-hydrogen) atoms. The maximum absolute atomic E-state index is 13.7. The Morgan fingerprint density at radius 2 is 1.63 bits per heavy atom. The Morgan fingerprint density at radius 1 is 0.889 bits per heavy atom. The van der Waals surface area contributed by atoms with Crippen molar-refractivity contribution in [2.24, 2.45) is 5.10 Å². The van der Waals surface area contributed by atoms with Gasteiger partial charge in [0.05, 0.1) is 16.8 Å². The van der Waals surface area contributed by atoms with Crippen LogP contribution in [0.5, 0.6) is 0 Å². The first-order valence-electron chi connectivity index (χ1n) is 8.27. The molecular formula is C21H14ClFN4. The first kappa shape index (κ1) is 17.1. The van der Waals surface area contributed by atoms with Gasteiger partial charge in [-0.2, -0.15) is 5.10 Å². The zero-order chi connectivity index (χ0) is 18.6. The highest BCUT2D eigenvalue weighted by atomic mass is 35.5. The molecule has 0 spiro atoms. The molecule has 0 saturated heterocycles. The lowest BCUT2D eigenvalue weighted by atomic mass is 10.2. The topological polar surface area (TPSA) is 50.2 Å². The Kier molecular flexibility index (Phi) is 4.77. The molecule has 3 aromatic carbocycles. The summed E-state index contributed by atoms with van der Waals surface area (Å²) in [5, 5.41) is 5.51. The van der Waals surface area contributed by atoms with Gasteiger partial charge in [0, 0.05) is 16.5 Å². The van der Waals surface area contributed by atoms with Gasteiger partial charge in [0.2, 0.25) is 0 Å². The van der Waals surface area contributed by atoms with Crippen molar-refractivity contribution in [3.05, 3.63) is 89.2 Å². The third-order valence-corrected chi connectivity index (χ3v) is 4.33. The number of hydrazone groups is 1. The summed E-state index contributed by atoms with van der Waals surface area (Å²) in [6, 6.07) is 21.4. The molecule has 0 fully saturated rings. The van der Waals surface area contributed by atoms with E-state index in [1.54, 1.807) is 24.3 Å². The van der Waals surface area contributed by atoms with E-state index in [9.17, 15) is 4.39 Å². The van der Waals surface area contributed by atoms with Crippen molar-refractivity contribution in [3.63, 3.8) is 0 Å². The largest absolute Gasteiger partial charge is 0.261 e. The zero-order valence-electron chi connectivity index (χ0n) is 14.1. The van der Waals surface area contributed by atoms with Crippen LogP contribution in [0.3, 0.4) is 0 Å². The van der Waals surface area contributed by atoms with Crippen LogP contribution in [0.2, 0.25) is 5.02 Å². The lowest BCUT2D eigenvalue weighted by molar-refractivity contribution is 0.626. The van der Waals surface area contributed by atoms with E-state index in [0.717, 1.165) is 16.5 Å². The molecule has 0 unspecified atom stereocenters. The predicted octanol–water partition coefficient (Wildman–Crippen LogP) is 5.54. The molecule has 0 radical (unpaired) electrons. The Hall–Kier alpha value is -3.31. The number of hydrogen-bond acceptors (Lipinski definition) is 4. The van der Waals surface area contributed by atoms with Gasteiger partial charge in [0.25, 0.3) is 0 Å². The SMILES string of the molecule is Fc1ccccc1C=NNc1nc(-c2ccccc2Cl)nc2ccccc12. The molecule has 0 atom stereocenters. The van der Waals surface area contributed by atoms with E-state index in [0.29, 0.717) is 22.2 Å². The summed E-state index contributed by atoms with van der Waals surface area (Å²) < 4.78 is 13.7. The molecule has 0 saturated carbocycles. The van der Waals surface area contributed by atoms with Crippen molar-refractivity contribution in [3.8, 4) is 11.4 Å². The summed E-state index contributed by atoms with van der Waals surface area (Å²) in [5.74, 6) is 0.665. The summed E-state index contributed by atoms with van der Waals surface area (Å²) in [6.45, 7) is 0. The second-order valence-corrected chi connectivity index (χ2v) is 6.19. The highest BCUT2D eigenvalue weighted by molar-refractivity contribution is 6.33. The van der Waals surface area contributed by atoms with E-state index < -0.39 is 0 Å². The van der Waals surface area contributed by atoms with Crippen LogP contribution in [0, 0.1) is 5.82 Å². The minimum Gasteiger partial charge on any atom is -0.261 e. The van der Waals surface area contributed by atoms with Crippen molar-refractivity contribution >= 4 is 34.5 Å². The molecule has 4 rings (SSSR count). The van der Waals surface area contributed by atoms with E-state index in [-0.39, 0.29) is 5.82 Å². The number of aromatic nitrogens is 2. The summed E-state index contributed by atoms with van der Waals surface area (Å²) in [6.07, 6.45) is 1.42. The normalized spacial score (nSPS) is 11.2. The van der Waals surface area contributed by atoms with Crippen molar-refractivity contribution in [2.75, 3.05) is 5.43 Å². The number of rotatable bonds is 4. The van der Waals surface area contributed by atoms with Gasteiger partial charge in [-0.15, -0.1) is 0 Å². The fourth-order valence-electron chi connectivity index (χ4n) is 2.67. The van der Waals surface area contributed by atoms with Gasteiger partial charge in [0.15, 0.2) is 11.6 Å². The maximum atomic E-state index is 13.7. The molecule has 1 N–H and O–H groups in total. The highest BCUT2D eigenvalue weighted by Gasteiger charge is 2.11. The minimum atomic E-state index is -0.340. The first-order valence-corrected chi connectivity index (χ1v) is 8.65. The van der Waals surface area contributed by atoms with Gasteiger partial charge in [-0.3, -0.25) is 5.43 Å². The van der Waals surface area contributed by atoms with Crippen molar-refractivity contribution in [1.29, 1.82) is 0 Å². The minimum absolute atomic E-state index is 0.340. The summed E-state index contributed by atoms with van der Waals surface area (Å²) in [5.41, 5.74) is 4.77. The van der Waals surface area contributed by atoms with Gasteiger partial charge in [0.1, 0.15) is 5.82 Å². The van der Waals surface area contributed by atoms with E-state index >= 15 is 0 Å². The third kappa shape index (κ3) is 3.64. The Morgan fingerprint density at radius 3 is 2.48 bits per heavy atom. The second kappa shape index (κ2) is 7.51. The molecule has 132 valence electrons. The van der Waals surface area contributed by atoms with Crippen LogP contribution in [0.4, 0.5) is 10.2 Å². The fourth-order valence-corrected chi connectivity index (χ4v) is 2.89. The monoisotopic (exact) mass is 376 g/mol. The average Bonchev–Trinajstić information content (AvgIpc) is 2.69. The van der Waals surface area contributed by atoms with Crippen LogP contribution in [0.15, 0.2) is 77.9 Å². The lowest BCUT2D eigenvalue weighted by Crippen LogP contribution is -2.00. The molecule has 0 amide bonds. The number of benzene rings is 3. The highest BCUT2D eigenvalue weighted by Crippen LogP contribution is 2.29. The Balaban J connectivity index is 1.75. The smallest absolute Gasteiger partial charge is 0.163 e. The van der Waals surface area contributed by atoms with Gasteiger partial charge < -0.3 is 0 Å². The average molecular weight is 377 g/mol. The lowest BCUT2D eigenvalue weighted by Gasteiger charge is -2.09. The fraction of sp³-hybridized carbons (Fsp3) is 0. The molecule has 1 heterocycles. The number of para-hydroxylation sites is 1. The molecule has 1 aromatic heterocycles. The van der Waals surface area contributed by atoms with E-state index in [1.807, 2.05) is 42.5 Å². The van der Waals surface area contributed by atoms with E-state index in [4.69, 9.17) is 11.6 Å². The number of nitrogens with one attached hydrogen (secondary N) is 1. The van der Waals surface area contributed by atoms with E-state index in [2.05, 4.69) is 20.5 Å². The molecule has 6 heteroatoms. The summed E-state index contributed by atoms with van der Waals surface area (Å²) >= 11 is 6.29. The number of halogens is 2. The predicted molar refractivity (Wildman–Crippen MR) is 108 cm³/mol. The van der Waals surface area contributed by atoms with E-state index in [1.165, 1.54) is 12.3 Å². The van der Waals surface area contributed by atoms with Crippen LogP contribution in [0.1, 0.15) is 5.56 Å².